The predicted octanol–water partition coefficient (Wildman–Crippen LogP) is 3.40. The van der Waals surface area contributed by atoms with E-state index in [1.54, 1.807) is 13.8 Å². The summed E-state index contributed by atoms with van der Waals surface area (Å²) in [5.74, 6) is 0. The molecule has 0 unspecified atom stereocenters. The summed E-state index contributed by atoms with van der Waals surface area (Å²) >= 11 is 0. The summed E-state index contributed by atoms with van der Waals surface area (Å²) in [5.41, 5.74) is -1.89. The average molecular weight is 222 g/mol. The van der Waals surface area contributed by atoms with Gasteiger partial charge in [-0.3, -0.25) is 0 Å². The van der Waals surface area contributed by atoms with Gasteiger partial charge in [0.2, 0.25) is 0 Å². The van der Waals surface area contributed by atoms with Gasteiger partial charge in [-0.15, -0.1) is 0 Å². The molecule has 0 saturated heterocycles. The Kier molecular flexibility index (Phi) is 4.76. The molecule has 0 radical (unpaired) electrons. The maximum absolute atomic E-state index is 11.5. The van der Waals surface area contributed by atoms with Crippen LogP contribution in [0.5, 0.6) is 0 Å². The Balaban J connectivity index is 4.61. The zero-order valence-corrected chi connectivity index (χ0v) is 9.86. The molecule has 0 N–H and O–H groups in total. The summed E-state index contributed by atoms with van der Waals surface area (Å²) in [5, 5.41) is 0. The summed E-state index contributed by atoms with van der Waals surface area (Å²) in [6.07, 6.45) is 5.01. The van der Waals surface area contributed by atoms with E-state index in [0.717, 1.165) is 0 Å². The molecule has 0 saturated carbocycles. The minimum Gasteiger partial charge on any atom is -0.419 e. The molecule has 0 aliphatic heterocycles. The van der Waals surface area contributed by atoms with Gasteiger partial charge in [0.1, 0.15) is 11.2 Å². The van der Waals surface area contributed by atoms with Gasteiger partial charge in [0.05, 0.1) is 0 Å². The fourth-order valence-electron chi connectivity index (χ4n) is 0.713. The maximum atomic E-state index is 11.5. The largest absolute Gasteiger partial charge is 0.510 e. The number of ether oxygens (including phenoxy) is 2. The highest BCUT2D eigenvalue weighted by molar-refractivity contribution is 5.62. The fourth-order valence-corrected chi connectivity index (χ4v) is 0.713. The number of hydrogen-bond acceptors (Lipinski definition) is 3. The first kappa shape index (κ1) is 14.2. The summed E-state index contributed by atoms with van der Waals surface area (Å²) < 4.78 is 10.1. The van der Waals surface area contributed by atoms with E-state index in [4.69, 9.17) is 9.47 Å². The van der Waals surface area contributed by atoms with Crippen LogP contribution in [0.25, 0.3) is 0 Å². The molecule has 0 fully saturated rings. The maximum Gasteiger partial charge on any atom is 0.510 e. The van der Waals surface area contributed by atoms with Crippen LogP contribution in [0.1, 0.15) is 13.8 Å². The number of hydrogen-bond donors (Lipinski definition) is 0. The van der Waals surface area contributed by atoms with E-state index in [-0.39, 0.29) is 0 Å². The van der Waals surface area contributed by atoms with Crippen molar-refractivity contribution in [3.63, 3.8) is 0 Å². The predicted molar refractivity (Wildman–Crippen MR) is 65.2 cm³/mol. The van der Waals surface area contributed by atoms with Gasteiger partial charge in [-0.05, 0) is 38.2 Å². The molecule has 0 heterocycles. The molecule has 16 heavy (non-hydrogen) atoms. The summed E-state index contributed by atoms with van der Waals surface area (Å²) in [6, 6.07) is 0. The van der Waals surface area contributed by atoms with Crippen LogP contribution in [-0.2, 0) is 9.47 Å². The molecule has 0 spiro atoms. The average Bonchev–Trinajstić information content (AvgIpc) is 2.28. The third-order valence-electron chi connectivity index (χ3n) is 2.23. The van der Waals surface area contributed by atoms with E-state index in [9.17, 15) is 4.79 Å². The second-order valence-electron chi connectivity index (χ2n) is 3.64. The molecule has 0 aromatic rings. The molecule has 88 valence electrons. The minimum absolute atomic E-state index is 0.829. The number of rotatable bonds is 6. The van der Waals surface area contributed by atoms with E-state index >= 15 is 0 Å². The van der Waals surface area contributed by atoms with E-state index in [1.165, 1.54) is 24.3 Å². The first-order valence-electron chi connectivity index (χ1n) is 4.81. The van der Waals surface area contributed by atoms with Crippen molar-refractivity contribution < 1.29 is 14.3 Å². The first-order chi connectivity index (χ1) is 7.34. The fraction of sp³-hybridized carbons (Fsp3) is 0.308. The Labute approximate surface area is 96.7 Å². The number of carbonyl (C=O) groups excluding carboxylic acids is 1. The van der Waals surface area contributed by atoms with Gasteiger partial charge in [-0.25, -0.2) is 4.79 Å². The van der Waals surface area contributed by atoms with Gasteiger partial charge < -0.3 is 9.47 Å². The number of carbonyl (C=O) groups is 1. The van der Waals surface area contributed by atoms with Gasteiger partial charge in [0, 0.05) is 0 Å². The molecule has 0 aromatic heterocycles. The van der Waals surface area contributed by atoms with Crippen molar-refractivity contribution in [2.24, 2.45) is 0 Å². The Morgan fingerprint density at radius 3 is 1.31 bits per heavy atom. The highest BCUT2D eigenvalue weighted by Crippen LogP contribution is 2.18. The lowest BCUT2D eigenvalue weighted by atomic mass is 10.1. The van der Waals surface area contributed by atoms with Crippen molar-refractivity contribution in [3.05, 3.63) is 50.6 Å². The first-order valence-corrected chi connectivity index (χ1v) is 4.81. The van der Waals surface area contributed by atoms with E-state index in [1.807, 2.05) is 0 Å². The van der Waals surface area contributed by atoms with Crippen molar-refractivity contribution in [1.82, 2.24) is 0 Å². The molecule has 0 aromatic carbocycles. The molecular weight excluding hydrogens is 204 g/mol. The molecule has 3 nitrogen and oxygen atoms in total. The van der Waals surface area contributed by atoms with Crippen LogP contribution >= 0.6 is 0 Å². The van der Waals surface area contributed by atoms with E-state index in [2.05, 4.69) is 26.3 Å². The molecular formula is C13H18O3. The summed E-state index contributed by atoms with van der Waals surface area (Å²) in [6.45, 7) is 17.5. The smallest absolute Gasteiger partial charge is 0.419 e. The van der Waals surface area contributed by atoms with Gasteiger partial charge in [-0.1, -0.05) is 26.3 Å². The van der Waals surface area contributed by atoms with Crippen LogP contribution in [0.4, 0.5) is 4.79 Å². The van der Waals surface area contributed by atoms with Crippen LogP contribution in [0.15, 0.2) is 50.6 Å². The Morgan fingerprint density at radius 1 is 0.875 bits per heavy atom. The quantitative estimate of drug-likeness (QED) is 0.510. The Morgan fingerprint density at radius 2 is 1.12 bits per heavy atom. The lowest BCUT2D eigenvalue weighted by Gasteiger charge is -2.26. The normalized spacial score (nSPS) is 11.1. The summed E-state index contributed by atoms with van der Waals surface area (Å²) in [7, 11) is 0. The van der Waals surface area contributed by atoms with Crippen LogP contribution in [0, 0.1) is 0 Å². The highest BCUT2D eigenvalue weighted by atomic mass is 16.7. The van der Waals surface area contributed by atoms with Gasteiger partial charge in [0.15, 0.2) is 0 Å². The molecule has 0 rings (SSSR count). The molecule has 0 amide bonds. The molecule has 0 aliphatic rings. The Bertz CT molecular complexity index is 269. The topological polar surface area (TPSA) is 35.5 Å². The molecule has 0 aliphatic carbocycles. The standard InChI is InChI=1S/C13H18O3/c1-7-12(5,8-2)15-11(14)16-13(6,9-3)10-4/h7-10H,1-4H2,5-6H3. The van der Waals surface area contributed by atoms with E-state index < -0.39 is 17.4 Å². The van der Waals surface area contributed by atoms with Crippen molar-refractivity contribution in [1.29, 1.82) is 0 Å². The third-order valence-corrected chi connectivity index (χ3v) is 2.23. The second kappa shape index (κ2) is 5.35. The summed E-state index contributed by atoms with van der Waals surface area (Å²) in [4.78, 5) is 11.5. The van der Waals surface area contributed by atoms with Gasteiger partial charge >= 0.3 is 6.16 Å². The lowest BCUT2D eigenvalue weighted by Crippen LogP contribution is -2.33. The van der Waals surface area contributed by atoms with Gasteiger partial charge in [0.25, 0.3) is 0 Å². The van der Waals surface area contributed by atoms with Crippen molar-refractivity contribution in [2.45, 2.75) is 25.0 Å². The van der Waals surface area contributed by atoms with Gasteiger partial charge in [-0.2, -0.15) is 0 Å². The van der Waals surface area contributed by atoms with Crippen LogP contribution < -0.4 is 0 Å². The highest BCUT2D eigenvalue weighted by Gasteiger charge is 2.27. The molecule has 0 bridgehead atoms. The zero-order valence-electron chi connectivity index (χ0n) is 9.86. The third kappa shape index (κ3) is 3.77. The second-order valence-corrected chi connectivity index (χ2v) is 3.64. The SMILES string of the molecule is C=CC(C)(C=C)OC(=O)OC(C)(C=C)C=C. The van der Waals surface area contributed by atoms with E-state index in [0.29, 0.717) is 0 Å². The minimum atomic E-state index is -0.944. The Hall–Kier alpha value is -1.77. The van der Waals surface area contributed by atoms with Crippen molar-refractivity contribution in [3.8, 4) is 0 Å². The molecule has 0 atom stereocenters. The van der Waals surface area contributed by atoms with Crippen LogP contribution in [-0.4, -0.2) is 17.4 Å². The van der Waals surface area contributed by atoms with Crippen molar-refractivity contribution in [2.75, 3.05) is 0 Å². The van der Waals surface area contributed by atoms with Crippen molar-refractivity contribution >= 4 is 6.16 Å². The monoisotopic (exact) mass is 222 g/mol. The lowest BCUT2D eigenvalue weighted by molar-refractivity contribution is -0.0117. The molecule has 3 heteroatoms. The van der Waals surface area contributed by atoms with Crippen LogP contribution in [0.2, 0.25) is 0 Å². The van der Waals surface area contributed by atoms with Crippen LogP contribution in [0.3, 0.4) is 0 Å². The zero-order chi connectivity index (χ0) is 12.8.